The van der Waals surface area contributed by atoms with Crippen LogP contribution in [-0.4, -0.2) is 56.1 Å². The Bertz CT molecular complexity index is 1590. The van der Waals surface area contributed by atoms with Crippen molar-refractivity contribution in [2.75, 3.05) is 20.3 Å². The number of Topliss-reactive ketones (excluding diaryl/α,β-unsaturated/α-hetero) is 1. The van der Waals surface area contributed by atoms with Crippen LogP contribution in [0.2, 0.25) is 0 Å². The first-order valence-electron chi connectivity index (χ1n) is 13.0. The molecule has 6 rings (SSSR count). The lowest BCUT2D eigenvalue weighted by Gasteiger charge is -2.10. The number of nitrogens with zero attached hydrogens (tertiary/aromatic N) is 6. The highest BCUT2D eigenvalue weighted by atomic mass is 16.5. The summed E-state index contributed by atoms with van der Waals surface area (Å²) in [6.45, 7) is 2.12. The molecule has 1 unspecified atom stereocenters. The van der Waals surface area contributed by atoms with Gasteiger partial charge in [0.05, 0.1) is 5.69 Å². The molecule has 0 bridgehead atoms. The summed E-state index contributed by atoms with van der Waals surface area (Å²) in [5.41, 5.74) is 2.36. The Morgan fingerprint density at radius 2 is 2.03 bits per heavy atom. The predicted octanol–water partition coefficient (Wildman–Crippen LogP) is 4.44. The Labute approximate surface area is 224 Å². The molecule has 0 amide bonds. The van der Waals surface area contributed by atoms with Crippen molar-refractivity contribution in [1.29, 1.82) is 0 Å². The Balaban J connectivity index is 1.18. The zero-order valence-corrected chi connectivity index (χ0v) is 21.6. The van der Waals surface area contributed by atoms with Crippen molar-refractivity contribution in [3.63, 3.8) is 0 Å². The third-order valence-corrected chi connectivity index (χ3v) is 6.85. The van der Waals surface area contributed by atoms with E-state index in [2.05, 4.69) is 25.4 Å². The topological polar surface area (TPSA) is 127 Å². The highest BCUT2D eigenvalue weighted by Crippen LogP contribution is 2.29. The number of ether oxygens (including phenoxy) is 3. The number of rotatable bonds is 11. The number of carbonyl (C=O) groups excluding carboxylic acids is 1. The number of aromatic nitrogens is 6. The van der Waals surface area contributed by atoms with Gasteiger partial charge in [-0.05, 0) is 43.4 Å². The summed E-state index contributed by atoms with van der Waals surface area (Å²) in [6, 6.07) is 13.1. The molecule has 5 heterocycles. The second-order valence-electron chi connectivity index (χ2n) is 9.59. The van der Waals surface area contributed by atoms with Crippen molar-refractivity contribution in [3.8, 4) is 17.4 Å². The van der Waals surface area contributed by atoms with E-state index in [0.717, 1.165) is 43.2 Å². The molecular formula is C28H28N6O5. The molecule has 1 atom stereocenters. The molecule has 1 aliphatic heterocycles. The van der Waals surface area contributed by atoms with E-state index in [1.165, 1.54) is 0 Å². The Morgan fingerprint density at radius 1 is 1.13 bits per heavy atom. The molecule has 1 aromatic carbocycles. The molecule has 4 aromatic heterocycles. The van der Waals surface area contributed by atoms with E-state index >= 15 is 0 Å². The molecule has 0 aliphatic carbocycles. The molecule has 0 spiro atoms. The zero-order chi connectivity index (χ0) is 26.6. The van der Waals surface area contributed by atoms with Crippen LogP contribution in [0.3, 0.4) is 0 Å². The normalized spacial score (nSPS) is 15.4. The van der Waals surface area contributed by atoms with E-state index in [4.69, 9.17) is 18.7 Å². The number of ketones is 1. The molecule has 39 heavy (non-hydrogen) atoms. The molecule has 1 saturated heterocycles. The highest BCUT2D eigenvalue weighted by molar-refractivity contribution is 5.97. The molecule has 1 fully saturated rings. The lowest BCUT2D eigenvalue weighted by Crippen LogP contribution is -2.06. The minimum Gasteiger partial charge on any atom is -0.470 e. The van der Waals surface area contributed by atoms with Gasteiger partial charge >= 0.3 is 0 Å². The Hall–Kier alpha value is -4.22. The van der Waals surface area contributed by atoms with Crippen molar-refractivity contribution in [1.82, 2.24) is 30.0 Å². The van der Waals surface area contributed by atoms with Gasteiger partial charge in [0, 0.05) is 55.3 Å². The number of fused-ring (bicyclic) bond motifs is 3. The summed E-state index contributed by atoms with van der Waals surface area (Å²) >= 11 is 0. The smallest absolute Gasteiger partial charge is 0.240 e. The molecular weight excluding hydrogens is 500 g/mol. The number of carbonyl (C=O) groups is 1. The average Bonchev–Trinajstić information content (AvgIpc) is 3.74. The molecule has 11 heteroatoms. The SMILES string of the molecule is COCc1cc(-c2nnc3c4ccccc4c(OCc4ccc(C(=O)CCCC5CCOC5)cn4)nn23)no1. The first kappa shape index (κ1) is 25.1. The van der Waals surface area contributed by atoms with Crippen LogP contribution >= 0.6 is 0 Å². The van der Waals surface area contributed by atoms with E-state index < -0.39 is 0 Å². The first-order valence-corrected chi connectivity index (χ1v) is 13.0. The predicted molar refractivity (Wildman–Crippen MR) is 140 cm³/mol. The van der Waals surface area contributed by atoms with Crippen LogP contribution in [0.25, 0.3) is 27.9 Å². The van der Waals surface area contributed by atoms with Gasteiger partial charge in [-0.2, -0.15) is 4.52 Å². The standard InChI is InChI=1S/C28H28N6O5/c1-36-17-21-13-24(33-39-21)27-31-30-26-22-6-2-3-7-23(22)28(32-34(26)27)38-16-20-10-9-19(14-29-20)25(35)8-4-5-18-11-12-37-15-18/h2-3,6-7,9-10,13-14,18H,4-5,8,11-12,15-17H2,1H3. The lowest BCUT2D eigenvalue weighted by atomic mass is 9.99. The van der Waals surface area contributed by atoms with Crippen molar-refractivity contribution in [2.45, 2.75) is 38.9 Å². The van der Waals surface area contributed by atoms with Crippen LogP contribution in [0.1, 0.15) is 47.5 Å². The van der Waals surface area contributed by atoms with E-state index in [9.17, 15) is 4.79 Å². The van der Waals surface area contributed by atoms with Gasteiger partial charge in [0.1, 0.15) is 13.2 Å². The number of hydrogen-bond donors (Lipinski definition) is 0. The van der Waals surface area contributed by atoms with Gasteiger partial charge in [-0.3, -0.25) is 9.78 Å². The van der Waals surface area contributed by atoms with Crippen molar-refractivity contribution in [2.24, 2.45) is 5.92 Å². The maximum Gasteiger partial charge on any atom is 0.240 e. The fourth-order valence-electron chi connectivity index (χ4n) is 4.77. The summed E-state index contributed by atoms with van der Waals surface area (Å²) < 4.78 is 23.6. The largest absolute Gasteiger partial charge is 0.470 e. The lowest BCUT2D eigenvalue weighted by molar-refractivity contribution is 0.0976. The second kappa shape index (κ2) is 11.3. The maximum atomic E-state index is 12.6. The van der Waals surface area contributed by atoms with Gasteiger partial charge in [0.15, 0.2) is 22.9 Å². The van der Waals surface area contributed by atoms with Crippen molar-refractivity contribution in [3.05, 3.63) is 65.7 Å². The van der Waals surface area contributed by atoms with Crippen LogP contribution in [0.4, 0.5) is 0 Å². The van der Waals surface area contributed by atoms with Gasteiger partial charge in [0.2, 0.25) is 11.7 Å². The minimum absolute atomic E-state index is 0.105. The van der Waals surface area contributed by atoms with Crippen LogP contribution in [0.5, 0.6) is 5.88 Å². The number of pyridine rings is 1. The van der Waals surface area contributed by atoms with E-state index in [0.29, 0.717) is 59.0 Å². The Morgan fingerprint density at radius 3 is 2.82 bits per heavy atom. The summed E-state index contributed by atoms with van der Waals surface area (Å²) in [5.74, 6) is 2.08. The average molecular weight is 529 g/mol. The third-order valence-electron chi connectivity index (χ3n) is 6.85. The highest BCUT2D eigenvalue weighted by Gasteiger charge is 2.19. The first-order chi connectivity index (χ1) is 19.2. The number of hydrogen-bond acceptors (Lipinski definition) is 10. The van der Waals surface area contributed by atoms with Gasteiger partial charge in [-0.25, -0.2) is 0 Å². The molecule has 11 nitrogen and oxygen atoms in total. The molecule has 0 saturated carbocycles. The van der Waals surface area contributed by atoms with E-state index in [1.54, 1.807) is 23.9 Å². The summed E-state index contributed by atoms with van der Waals surface area (Å²) in [5, 5.41) is 19.0. The van der Waals surface area contributed by atoms with Gasteiger partial charge in [-0.1, -0.05) is 23.4 Å². The number of methoxy groups -OCH3 is 1. The zero-order valence-electron chi connectivity index (χ0n) is 21.6. The monoisotopic (exact) mass is 528 g/mol. The van der Waals surface area contributed by atoms with Crippen LogP contribution < -0.4 is 4.74 Å². The summed E-state index contributed by atoms with van der Waals surface area (Å²) in [7, 11) is 1.58. The minimum atomic E-state index is 0.105. The summed E-state index contributed by atoms with van der Waals surface area (Å²) in [4.78, 5) is 17.1. The van der Waals surface area contributed by atoms with E-state index in [-0.39, 0.29) is 12.4 Å². The third kappa shape index (κ3) is 5.36. The number of benzene rings is 1. The van der Waals surface area contributed by atoms with Gasteiger partial charge in [0.25, 0.3) is 0 Å². The Kier molecular flexibility index (Phi) is 7.24. The van der Waals surface area contributed by atoms with Crippen molar-refractivity contribution < 1.29 is 23.5 Å². The fourth-order valence-corrected chi connectivity index (χ4v) is 4.77. The van der Waals surface area contributed by atoms with E-state index in [1.807, 2.05) is 36.4 Å². The maximum absolute atomic E-state index is 12.6. The molecule has 0 N–H and O–H groups in total. The molecule has 200 valence electrons. The quantitative estimate of drug-likeness (QED) is 0.227. The summed E-state index contributed by atoms with van der Waals surface area (Å²) in [6.07, 6.45) is 5.12. The van der Waals surface area contributed by atoms with Gasteiger partial charge < -0.3 is 18.7 Å². The fraction of sp³-hybridized carbons (Fsp3) is 0.357. The van der Waals surface area contributed by atoms with Crippen molar-refractivity contribution >= 4 is 22.2 Å². The second-order valence-corrected chi connectivity index (χ2v) is 9.59. The molecule has 0 radical (unpaired) electrons. The van der Waals surface area contributed by atoms with Crippen LogP contribution in [0.15, 0.2) is 53.2 Å². The molecule has 1 aliphatic rings. The molecule has 5 aromatic rings. The van der Waals surface area contributed by atoms with Crippen LogP contribution in [-0.2, 0) is 22.7 Å². The van der Waals surface area contributed by atoms with Crippen LogP contribution in [0, 0.1) is 5.92 Å². The van der Waals surface area contributed by atoms with Gasteiger partial charge in [-0.15, -0.1) is 15.3 Å².